The number of halogens is 1. The van der Waals surface area contributed by atoms with Crippen molar-refractivity contribution in [3.8, 4) is 5.75 Å². The highest BCUT2D eigenvalue weighted by Gasteiger charge is 2.29. The van der Waals surface area contributed by atoms with Crippen LogP contribution in [0.15, 0.2) is 18.2 Å². The third kappa shape index (κ3) is 3.18. The molecule has 0 spiro atoms. The predicted octanol–water partition coefficient (Wildman–Crippen LogP) is 0.792. The van der Waals surface area contributed by atoms with Crippen LogP contribution < -0.4 is 4.74 Å². The number of esters is 1. The van der Waals surface area contributed by atoms with Crippen LogP contribution in [-0.2, 0) is 9.53 Å². The zero-order valence-corrected chi connectivity index (χ0v) is 10.1. The molecule has 2 atom stereocenters. The van der Waals surface area contributed by atoms with Crippen LogP contribution in [0.4, 0.5) is 4.39 Å². The maximum Gasteiger partial charge on any atom is 0.337 e. The SMILES string of the molecule is CCOc1ccc(F)cc1C(O)C(O)C(=O)OC. The van der Waals surface area contributed by atoms with Crippen molar-refractivity contribution in [2.75, 3.05) is 13.7 Å². The lowest BCUT2D eigenvalue weighted by Gasteiger charge is -2.19. The molecule has 100 valence electrons. The summed E-state index contributed by atoms with van der Waals surface area (Å²) in [6, 6.07) is 3.48. The molecule has 1 aromatic carbocycles. The van der Waals surface area contributed by atoms with Gasteiger partial charge in [-0.1, -0.05) is 0 Å². The van der Waals surface area contributed by atoms with E-state index >= 15 is 0 Å². The van der Waals surface area contributed by atoms with Crippen molar-refractivity contribution in [3.05, 3.63) is 29.6 Å². The maximum atomic E-state index is 13.1. The van der Waals surface area contributed by atoms with Crippen LogP contribution in [0.2, 0.25) is 0 Å². The summed E-state index contributed by atoms with van der Waals surface area (Å²) in [5, 5.41) is 19.3. The van der Waals surface area contributed by atoms with Gasteiger partial charge in [-0.05, 0) is 25.1 Å². The molecular weight excluding hydrogens is 243 g/mol. The van der Waals surface area contributed by atoms with Crippen molar-refractivity contribution in [1.29, 1.82) is 0 Å². The van der Waals surface area contributed by atoms with E-state index in [0.717, 1.165) is 19.2 Å². The number of ether oxygens (including phenoxy) is 2. The van der Waals surface area contributed by atoms with Gasteiger partial charge in [-0.25, -0.2) is 9.18 Å². The van der Waals surface area contributed by atoms with E-state index in [9.17, 15) is 19.4 Å². The summed E-state index contributed by atoms with van der Waals surface area (Å²) < 4.78 is 22.6. The molecule has 0 aromatic heterocycles. The third-order valence-electron chi connectivity index (χ3n) is 2.33. The monoisotopic (exact) mass is 258 g/mol. The van der Waals surface area contributed by atoms with Gasteiger partial charge in [-0.15, -0.1) is 0 Å². The van der Waals surface area contributed by atoms with Crippen LogP contribution in [-0.4, -0.2) is 36.0 Å². The van der Waals surface area contributed by atoms with E-state index in [1.54, 1.807) is 6.92 Å². The number of carbonyl (C=O) groups is 1. The molecule has 0 aliphatic heterocycles. The average Bonchev–Trinajstić information content (AvgIpc) is 2.38. The first-order valence-electron chi connectivity index (χ1n) is 5.37. The minimum absolute atomic E-state index is 0.00486. The molecule has 18 heavy (non-hydrogen) atoms. The number of hydrogen-bond acceptors (Lipinski definition) is 5. The molecule has 0 aliphatic rings. The molecule has 0 bridgehead atoms. The normalized spacial score (nSPS) is 13.8. The van der Waals surface area contributed by atoms with Crippen LogP contribution in [0, 0.1) is 5.82 Å². The van der Waals surface area contributed by atoms with Gasteiger partial charge in [0.25, 0.3) is 0 Å². The van der Waals surface area contributed by atoms with Crippen LogP contribution >= 0.6 is 0 Å². The molecule has 0 radical (unpaired) electrons. The van der Waals surface area contributed by atoms with E-state index in [2.05, 4.69) is 4.74 Å². The number of rotatable bonds is 5. The highest BCUT2D eigenvalue weighted by atomic mass is 19.1. The Hall–Kier alpha value is -1.66. The molecule has 2 unspecified atom stereocenters. The van der Waals surface area contributed by atoms with Crippen molar-refractivity contribution in [2.24, 2.45) is 0 Å². The third-order valence-corrected chi connectivity index (χ3v) is 2.33. The summed E-state index contributed by atoms with van der Waals surface area (Å²) in [7, 11) is 1.08. The topological polar surface area (TPSA) is 76.0 Å². The van der Waals surface area contributed by atoms with Gasteiger partial charge in [-0.3, -0.25) is 0 Å². The quantitative estimate of drug-likeness (QED) is 0.764. The Morgan fingerprint density at radius 1 is 1.44 bits per heavy atom. The molecular formula is C12H15FO5. The van der Waals surface area contributed by atoms with Gasteiger partial charge in [0, 0.05) is 5.56 Å². The number of methoxy groups -OCH3 is 1. The van der Waals surface area contributed by atoms with Gasteiger partial charge < -0.3 is 19.7 Å². The zero-order valence-electron chi connectivity index (χ0n) is 10.1. The van der Waals surface area contributed by atoms with E-state index in [1.807, 2.05) is 0 Å². The Morgan fingerprint density at radius 2 is 2.11 bits per heavy atom. The fourth-order valence-corrected chi connectivity index (χ4v) is 1.46. The van der Waals surface area contributed by atoms with E-state index < -0.39 is 24.0 Å². The first-order valence-corrected chi connectivity index (χ1v) is 5.37. The highest BCUT2D eigenvalue weighted by molar-refractivity contribution is 5.75. The number of carbonyl (C=O) groups excluding carboxylic acids is 1. The van der Waals surface area contributed by atoms with Crippen LogP contribution in [0.1, 0.15) is 18.6 Å². The van der Waals surface area contributed by atoms with E-state index in [4.69, 9.17) is 4.74 Å². The molecule has 0 aliphatic carbocycles. The Kier molecular flexibility index (Phi) is 5.06. The molecule has 0 amide bonds. The van der Waals surface area contributed by atoms with Gasteiger partial charge in [-0.2, -0.15) is 0 Å². The first kappa shape index (κ1) is 14.4. The lowest BCUT2D eigenvalue weighted by molar-refractivity contribution is -0.156. The Morgan fingerprint density at radius 3 is 2.67 bits per heavy atom. The highest BCUT2D eigenvalue weighted by Crippen LogP contribution is 2.28. The summed E-state index contributed by atoms with van der Waals surface area (Å²) in [5.74, 6) is -1.41. The predicted molar refractivity (Wildman–Crippen MR) is 60.6 cm³/mol. The van der Waals surface area contributed by atoms with Crippen molar-refractivity contribution >= 4 is 5.97 Å². The largest absolute Gasteiger partial charge is 0.493 e. The smallest absolute Gasteiger partial charge is 0.337 e. The zero-order chi connectivity index (χ0) is 13.7. The van der Waals surface area contributed by atoms with Gasteiger partial charge in [0.2, 0.25) is 0 Å². The lowest BCUT2D eigenvalue weighted by Crippen LogP contribution is -2.29. The van der Waals surface area contributed by atoms with Crippen LogP contribution in [0.25, 0.3) is 0 Å². The Labute approximate surface area is 104 Å². The average molecular weight is 258 g/mol. The van der Waals surface area contributed by atoms with Crippen molar-refractivity contribution in [3.63, 3.8) is 0 Å². The Bertz CT molecular complexity index is 421. The second kappa shape index (κ2) is 6.32. The van der Waals surface area contributed by atoms with E-state index in [1.165, 1.54) is 6.07 Å². The molecule has 1 rings (SSSR count). The number of aliphatic hydroxyl groups excluding tert-OH is 2. The second-order valence-electron chi connectivity index (χ2n) is 3.53. The number of hydrogen-bond donors (Lipinski definition) is 2. The number of benzene rings is 1. The molecule has 0 saturated carbocycles. The summed E-state index contributed by atoms with van der Waals surface area (Å²) in [6.07, 6.45) is -3.41. The molecule has 0 heterocycles. The van der Waals surface area contributed by atoms with Crippen molar-refractivity contribution < 1.29 is 28.9 Å². The lowest BCUT2D eigenvalue weighted by atomic mass is 10.0. The fourth-order valence-electron chi connectivity index (χ4n) is 1.46. The van der Waals surface area contributed by atoms with Crippen LogP contribution in [0.5, 0.6) is 5.75 Å². The first-order chi connectivity index (χ1) is 8.51. The molecule has 5 nitrogen and oxygen atoms in total. The number of aliphatic hydroxyl groups is 2. The summed E-state index contributed by atoms with van der Waals surface area (Å²) in [4.78, 5) is 11.1. The van der Waals surface area contributed by atoms with E-state index in [0.29, 0.717) is 6.61 Å². The molecule has 0 fully saturated rings. The van der Waals surface area contributed by atoms with Gasteiger partial charge in [0.15, 0.2) is 6.10 Å². The molecule has 2 N–H and O–H groups in total. The minimum Gasteiger partial charge on any atom is -0.493 e. The van der Waals surface area contributed by atoms with E-state index in [-0.39, 0.29) is 11.3 Å². The fraction of sp³-hybridized carbons (Fsp3) is 0.417. The molecule has 0 saturated heterocycles. The van der Waals surface area contributed by atoms with Gasteiger partial charge >= 0.3 is 5.97 Å². The van der Waals surface area contributed by atoms with Crippen LogP contribution in [0.3, 0.4) is 0 Å². The minimum atomic E-state index is -1.80. The van der Waals surface area contributed by atoms with Gasteiger partial charge in [0.1, 0.15) is 17.7 Å². The maximum absolute atomic E-state index is 13.1. The molecule has 1 aromatic rings. The van der Waals surface area contributed by atoms with Crippen molar-refractivity contribution in [2.45, 2.75) is 19.1 Å². The summed E-state index contributed by atoms with van der Waals surface area (Å²) >= 11 is 0. The Balaban J connectivity index is 3.06. The second-order valence-corrected chi connectivity index (χ2v) is 3.53. The standard InChI is InChI=1S/C12H15FO5/c1-3-18-9-5-4-7(13)6-8(9)10(14)11(15)12(16)17-2/h4-6,10-11,14-15H,3H2,1-2H3. The summed E-state index contributed by atoms with van der Waals surface area (Å²) in [5.41, 5.74) is -0.00486. The summed E-state index contributed by atoms with van der Waals surface area (Å²) in [6.45, 7) is 2.02. The molecule has 6 heteroatoms. The van der Waals surface area contributed by atoms with Gasteiger partial charge in [0.05, 0.1) is 13.7 Å². The van der Waals surface area contributed by atoms with Crippen molar-refractivity contribution in [1.82, 2.24) is 0 Å².